The van der Waals surface area contributed by atoms with Gasteiger partial charge >= 0.3 is 0 Å². The minimum Gasteiger partial charge on any atom is -0.307 e. The third-order valence-corrected chi connectivity index (χ3v) is 3.93. The summed E-state index contributed by atoms with van der Waals surface area (Å²) in [5.41, 5.74) is 3.07. The number of rotatable bonds is 2. The molecule has 1 aromatic carbocycles. The van der Waals surface area contributed by atoms with Crippen molar-refractivity contribution in [3.8, 4) is 0 Å². The van der Waals surface area contributed by atoms with Crippen molar-refractivity contribution in [1.29, 1.82) is 0 Å². The molecule has 80 valence electrons. The SMILES string of the molecule is Brc1ccc2c(c1)CCCC2NC1CC1. The van der Waals surface area contributed by atoms with E-state index in [1.165, 1.54) is 47.7 Å². The Hall–Kier alpha value is -0.340. The van der Waals surface area contributed by atoms with E-state index in [0.717, 1.165) is 6.04 Å². The first kappa shape index (κ1) is 9.86. The van der Waals surface area contributed by atoms with E-state index in [1.807, 2.05) is 0 Å². The molecule has 2 aliphatic carbocycles. The van der Waals surface area contributed by atoms with E-state index in [4.69, 9.17) is 0 Å². The summed E-state index contributed by atoms with van der Waals surface area (Å²) in [5.74, 6) is 0. The Kier molecular flexibility index (Phi) is 2.57. The molecule has 1 atom stereocenters. The fourth-order valence-electron chi connectivity index (χ4n) is 2.49. The average Bonchev–Trinajstić information content (AvgIpc) is 3.01. The van der Waals surface area contributed by atoms with Crippen LogP contribution in [0.15, 0.2) is 22.7 Å². The summed E-state index contributed by atoms with van der Waals surface area (Å²) in [4.78, 5) is 0. The minimum absolute atomic E-state index is 0.620. The Labute approximate surface area is 99.4 Å². The van der Waals surface area contributed by atoms with Crippen molar-refractivity contribution in [3.05, 3.63) is 33.8 Å². The van der Waals surface area contributed by atoms with Crippen molar-refractivity contribution in [3.63, 3.8) is 0 Å². The summed E-state index contributed by atoms with van der Waals surface area (Å²) in [5, 5.41) is 3.75. The normalized spacial score (nSPS) is 25.0. The van der Waals surface area contributed by atoms with Crippen LogP contribution in [-0.2, 0) is 6.42 Å². The zero-order chi connectivity index (χ0) is 10.3. The van der Waals surface area contributed by atoms with Crippen molar-refractivity contribution in [2.45, 2.75) is 44.2 Å². The smallest absolute Gasteiger partial charge is 0.0325 e. The molecule has 1 aromatic rings. The lowest BCUT2D eigenvalue weighted by molar-refractivity contribution is 0.457. The van der Waals surface area contributed by atoms with Crippen LogP contribution in [0.4, 0.5) is 0 Å². The van der Waals surface area contributed by atoms with Gasteiger partial charge in [0.05, 0.1) is 0 Å². The molecule has 0 aliphatic heterocycles. The van der Waals surface area contributed by atoms with Crippen molar-refractivity contribution in [2.24, 2.45) is 0 Å². The zero-order valence-corrected chi connectivity index (χ0v) is 10.4. The van der Waals surface area contributed by atoms with Gasteiger partial charge in [0, 0.05) is 16.6 Å². The third-order valence-electron chi connectivity index (χ3n) is 3.43. The lowest BCUT2D eigenvalue weighted by Gasteiger charge is -2.26. The molecule has 0 amide bonds. The van der Waals surface area contributed by atoms with Gasteiger partial charge in [-0.3, -0.25) is 0 Å². The van der Waals surface area contributed by atoms with Gasteiger partial charge in [0.1, 0.15) is 0 Å². The van der Waals surface area contributed by atoms with Gasteiger partial charge in [-0.05, 0) is 55.4 Å². The number of nitrogens with one attached hydrogen (secondary N) is 1. The summed E-state index contributed by atoms with van der Waals surface area (Å²) in [6.45, 7) is 0. The van der Waals surface area contributed by atoms with Gasteiger partial charge < -0.3 is 5.32 Å². The van der Waals surface area contributed by atoms with E-state index in [-0.39, 0.29) is 0 Å². The summed E-state index contributed by atoms with van der Waals surface area (Å²) in [7, 11) is 0. The highest BCUT2D eigenvalue weighted by Gasteiger charge is 2.27. The lowest BCUT2D eigenvalue weighted by Crippen LogP contribution is -2.26. The van der Waals surface area contributed by atoms with Crippen LogP contribution in [-0.4, -0.2) is 6.04 Å². The Morgan fingerprint density at radius 2 is 2.07 bits per heavy atom. The predicted octanol–water partition coefficient (Wildman–Crippen LogP) is 3.58. The Morgan fingerprint density at radius 3 is 2.87 bits per heavy atom. The molecule has 1 nitrogen and oxygen atoms in total. The second-order valence-electron chi connectivity index (χ2n) is 4.73. The first-order valence-corrected chi connectivity index (χ1v) is 6.66. The monoisotopic (exact) mass is 265 g/mol. The fourth-order valence-corrected chi connectivity index (χ4v) is 2.90. The minimum atomic E-state index is 0.620. The van der Waals surface area contributed by atoms with E-state index in [1.54, 1.807) is 0 Å². The van der Waals surface area contributed by atoms with E-state index in [2.05, 4.69) is 39.4 Å². The summed E-state index contributed by atoms with van der Waals surface area (Å²) in [6, 6.07) is 8.18. The maximum absolute atomic E-state index is 3.75. The van der Waals surface area contributed by atoms with Crippen LogP contribution in [0.1, 0.15) is 42.9 Å². The maximum atomic E-state index is 3.75. The molecule has 0 bridgehead atoms. The van der Waals surface area contributed by atoms with Gasteiger partial charge in [0.15, 0.2) is 0 Å². The number of hydrogen-bond donors (Lipinski definition) is 1. The van der Waals surface area contributed by atoms with Crippen LogP contribution in [0.5, 0.6) is 0 Å². The highest BCUT2D eigenvalue weighted by Crippen LogP contribution is 2.34. The fraction of sp³-hybridized carbons (Fsp3) is 0.538. The number of halogens is 1. The Morgan fingerprint density at radius 1 is 1.20 bits per heavy atom. The first-order valence-electron chi connectivity index (χ1n) is 5.87. The molecular formula is C13H16BrN. The highest BCUT2D eigenvalue weighted by molar-refractivity contribution is 9.10. The molecule has 2 aliphatic rings. The summed E-state index contributed by atoms with van der Waals surface area (Å²) in [6.07, 6.45) is 6.64. The van der Waals surface area contributed by atoms with Crippen LogP contribution in [0.3, 0.4) is 0 Å². The van der Waals surface area contributed by atoms with E-state index in [0.29, 0.717) is 6.04 Å². The molecule has 0 saturated heterocycles. The van der Waals surface area contributed by atoms with E-state index >= 15 is 0 Å². The van der Waals surface area contributed by atoms with Gasteiger partial charge in [-0.2, -0.15) is 0 Å². The van der Waals surface area contributed by atoms with Crippen LogP contribution >= 0.6 is 15.9 Å². The maximum Gasteiger partial charge on any atom is 0.0325 e. The van der Waals surface area contributed by atoms with E-state index < -0.39 is 0 Å². The third kappa shape index (κ3) is 2.11. The molecule has 0 radical (unpaired) electrons. The summed E-state index contributed by atoms with van der Waals surface area (Å²) >= 11 is 3.55. The van der Waals surface area contributed by atoms with Gasteiger partial charge in [0.25, 0.3) is 0 Å². The molecule has 1 saturated carbocycles. The summed E-state index contributed by atoms with van der Waals surface area (Å²) < 4.78 is 1.22. The van der Waals surface area contributed by atoms with Gasteiger partial charge in [-0.1, -0.05) is 22.0 Å². The highest BCUT2D eigenvalue weighted by atomic mass is 79.9. The number of hydrogen-bond acceptors (Lipinski definition) is 1. The molecule has 0 heterocycles. The van der Waals surface area contributed by atoms with Crippen molar-refractivity contribution < 1.29 is 0 Å². The van der Waals surface area contributed by atoms with Crippen molar-refractivity contribution in [2.75, 3.05) is 0 Å². The molecule has 3 rings (SSSR count). The quantitative estimate of drug-likeness (QED) is 0.862. The average molecular weight is 266 g/mol. The Bertz CT molecular complexity index is 371. The number of benzene rings is 1. The van der Waals surface area contributed by atoms with Crippen LogP contribution in [0.25, 0.3) is 0 Å². The molecule has 0 spiro atoms. The topological polar surface area (TPSA) is 12.0 Å². The largest absolute Gasteiger partial charge is 0.307 e. The second-order valence-corrected chi connectivity index (χ2v) is 5.64. The van der Waals surface area contributed by atoms with Gasteiger partial charge in [0.2, 0.25) is 0 Å². The molecule has 1 unspecified atom stereocenters. The van der Waals surface area contributed by atoms with Crippen molar-refractivity contribution >= 4 is 15.9 Å². The van der Waals surface area contributed by atoms with Crippen LogP contribution in [0.2, 0.25) is 0 Å². The van der Waals surface area contributed by atoms with Crippen molar-refractivity contribution in [1.82, 2.24) is 5.32 Å². The van der Waals surface area contributed by atoms with Crippen LogP contribution in [0, 0.1) is 0 Å². The van der Waals surface area contributed by atoms with Gasteiger partial charge in [-0.15, -0.1) is 0 Å². The molecule has 15 heavy (non-hydrogen) atoms. The molecule has 2 heteroatoms. The zero-order valence-electron chi connectivity index (χ0n) is 8.80. The molecule has 1 N–H and O–H groups in total. The molecular weight excluding hydrogens is 250 g/mol. The molecule has 0 aromatic heterocycles. The first-order chi connectivity index (χ1) is 7.33. The number of aryl methyl sites for hydroxylation is 1. The standard InChI is InChI=1S/C13H16BrN/c14-10-4-7-12-9(8-10)2-1-3-13(12)15-11-5-6-11/h4,7-8,11,13,15H,1-3,5-6H2. The second kappa shape index (κ2) is 3.91. The predicted molar refractivity (Wildman–Crippen MR) is 66.0 cm³/mol. The molecule has 1 fully saturated rings. The Balaban J connectivity index is 1.87. The van der Waals surface area contributed by atoms with Gasteiger partial charge in [-0.25, -0.2) is 0 Å². The van der Waals surface area contributed by atoms with Crippen LogP contribution < -0.4 is 5.32 Å². The lowest BCUT2D eigenvalue weighted by atomic mass is 9.88. The van der Waals surface area contributed by atoms with E-state index in [9.17, 15) is 0 Å². The number of fused-ring (bicyclic) bond motifs is 1.